The van der Waals surface area contributed by atoms with Gasteiger partial charge in [0.15, 0.2) is 0 Å². The molecule has 0 saturated carbocycles. The molecule has 1 aromatic carbocycles. The molecule has 0 aliphatic rings. The van der Waals surface area contributed by atoms with Gasteiger partial charge in [-0.25, -0.2) is 0 Å². The van der Waals surface area contributed by atoms with Crippen molar-refractivity contribution in [3.8, 4) is 0 Å². The highest BCUT2D eigenvalue weighted by Crippen LogP contribution is 2.20. The summed E-state index contributed by atoms with van der Waals surface area (Å²) in [7, 11) is 0. The van der Waals surface area contributed by atoms with Crippen LogP contribution in [0.4, 0.5) is 11.4 Å². The second-order valence-electron chi connectivity index (χ2n) is 6.34. The van der Waals surface area contributed by atoms with Crippen molar-refractivity contribution in [3.63, 3.8) is 0 Å². The largest absolute Gasteiger partial charge is 0.381 e. The van der Waals surface area contributed by atoms with Crippen LogP contribution in [-0.2, 0) is 9.47 Å². The third-order valence-electron chi connectivity index (χ3n) is 2.95. The number of hydrogen-bond donors (Lipinski definition) is 2. The highest BCUT2D eigenvalue weighted by molar-refractivity contribution is 5.68. The van der Waals surface area contributed by atoms with Gasteiger partial charge in [-0.15, -0.1) is 0 Å². The summed E-state index contributed by atoms with van der Waals surface area (Å²) in [6.07, 6.45) is 0. The Kier molecular flexibility index (Phi) is 9.67. The van der Waals surface area contributed by atoms with E-state index in [2.05, 4.69) is 50.5 Å². The number of hydrogen-bond acceptors (Lipinski definition) is 4. The molecule has 0 amide bonds. The van der Waals surface area contributed by atoms with Gasteiger partial charge in [0.25, 0.3) is 0 Å². The summed E-state index contributed by atoms with van der Waals surface area (Å²) < 4.78 is 11.2. The maximum absolute atomic E-state index is 5.59. The molecule has 4 heteroatoms. The lowest BCUT2D eigenvalue weighted by atomic mass is 10.2. The molecule has 0 saturated heterocycles. The van der Waals surface area contributed by atoms with E-state index in [0.717, 1.165) is 50.9 Å². The Balaban J connectivity index is 2.26. The van der Waals surface area contributed by atoms with Gasteiger partial charge in [0.1, 0.15) is 0 Å². The van der Waals surface area contributed by atoms with Crippen LogP contribution in [0.15, 0.2) is 24.3 Å². The number of benzene rings is 1. The van der Waals surface area contributed by atoms with Crippen LogP contribution in [0.25, 0.3) is 0 Å². The average molecular weight is 308 g/mol. The van der Waals surface area contributed by atoms with Gasteiger partial charge < -0.3 is 20.1 Å². The molecule has 1 aromatic rings. The van der Waals surface area contributed by atoms with Gasteiger partial charge in [0, 0.05) is 26.3 Å². The van der Waals surface area contributed by atoms with E-state index in [1.54, 1.807) is 0 Å². The summed E-state index contributed by atoms with van der Waals surface area (Å²) in [5.74, 6) is 1.17. The van der Waals surface area contributed by atoms with Gasteiger partial charge in [-0.2, -0.15) is 0 Å². The predicted octanol–water partition coefficient (Wildman–Crippen LogP) is 3.86. The fraction of sp³-hybridized carbons (Fsp3) is 0.667. The van der Waals surface area contributed by atoms with E-state index in [9.17, 15) is 0 Å². The zero-order chi connectivity index (χ0) is 16.2. The lowest BCUT2D eigenvalue weighted by Crippen LogP contribution is -2.15. The minimum absolute atomic E-state index is 0.583. The summed E-state index contributed by atoms with van der Waals surface area (Å²) in [5.41, 5.74) is 2.22. The normalized spacial score (nSPS) is 11.2. The number of ether oxygens (including phenoxy) is 2. The number of para-hydroxylation sites is 2. The van der Waals surface area contributed by atoms with Gasteiger partial charge in [0.2, 0.25) is 0 Å². The first-order valence-electron chi connectivity index (χ1n) is 8.32. The zero-order valence-corrected chi connectivity index (χ0v) is 14.5. The van der Waals surface area contributed by atoms with E-state index in [4.69, 9.17) is 9.47 Å². The van der Waals surface area contributed by atoms with E-state index >= 15 is 0 Å². The molecule has 0 aliphatic carbocycles. The Morgan fingerprint density at radius 3 is 1.55 bits per heavy atom. The van der Waals surface area contributed by atoms with Crippen LogP contribution in [0, 0.1) is 11.8 Å². The Hall–Kier alpha value is -1.26. The minimum atomic E-state index is 0.583. The molecule has 0 fully saturated rings. The molecule has 0 unspecified atom stereocenters. The third-order valence-corrected chi connectivity index (χ3v) is 2.95. The number of nitrogens with one attached hydrogen (secondary N) is 2. The van der Waals surface area contributed by atoms with Crippen molar-refractivity contribution in [1.29, 1.82) is 0 Å². The molecule has 2 N–H and O–H groups in total. The second kappa shape index (κ2) is 11.3. The van der Waals surface area contributed by atoms with Crippen molar-refractivity contribution in [2.75, 3.05) is 50.2 Å². The molecule has 0 bridgehead atoms. The van der Waals surface area contributed by atoms with E-state index < -0.39 is 0 Å². The van der Waals surface area contributed by atoms with Gasteiger partial charge in [-0.3, -0.25) is 0 Å². The second-order valence-corrected chi connectivity index (χ2v) is 6.34. The molecule has 1 rings (SSSR count). The molecule has 0 heterocycles. The first-order valence-corrected chi connectivity index (χ1v) is 8.32. The highest BCUT2D eigenvalue weighted by atomic mass is 16.5. The van der Waals surface area contributed by atoms with Crippen molar-refractivity contribution in [3.05, 3.63) is 24.3 Å². The third kappa shape index (κ3) is 8.90. The lowest BCUT2D eigenvalue weighted by molar-refractivity contribution is 0.118. The molecular formula is C18H32N2O2. The lowest BCUT2D eigenvalue weighted by Gasteiger charge is -2.14. The quantitative estimate of drug-likeness (QED) is 0.576. The van der Waals surface area contributed by atoms with Crippen molar-refractivity contribution in [2.45, 2.75) is 27.7 Å². The topological polar surface area (TPSA) is 42.5 Å². The van der Waals surface area contributed by atoms with Crippen LogP contribution in [0.1, 0.15) is 27.7 Å². The van der Waals surface area contributed by atoms with Gasteiger partial charge in [0.05, 0.1) is 24.6 Å². The van der Waals surface area contributed by atoms with Gasteiger partial charge in [-0.05, 0) is 24.0 Å². The smallest absolute Gasteiger partial charge is 0.0639 e. The van der Waals surface area contributed by atoms with Gasteiger partial charge >= 0.3 is 0 Å². The SMILES string of the molecule is CC(C)COCCNc1ccccc1NCCOCC(C)C. The molecule has 22 heavy (non-hydrogen) atoms. The standard InChI is InChI=1S/C18H32N2O2/c1-15(2)13-21-11-9-19-17-7-5-6-8-18(17)20-10-12-22-14-16(3)4/h5-8,15-16,19-20H,9-14H2,1-4H3. The predicted molar refractivity (Wildman–Crippen MR) is 94.7 cm³/mol. The van der Waals surface area contributed by atoms with E-state index in [1.807, 2.05) is 12.1 Å². The first-order chi connectivity index (χ1) is 10.6. The maximum atomic E-state index is 5.59. The number of anilines is 2. The van der Waals surface area contributed by atoms with Crippen LogP contribution in [-0.4, -0.2) is 39.5 Å². The summed E-state index contributed by atoms with van der Waals surface area (Å²) in [4.78, 5) is 0. The van der Waals surface area contributed by atoms with Crippen LogP contribution in [0.2, 0.25) is 0 Å². The molecule has 0 aromatic heterocycles. The van der Waals surface area contributed by atoms with E-state index in [1.165, 1.54) is 0 Å². The molecule has 0 spiro atoms. The van der Waals surface area contributed by atoms with E-state index in [-0.39, 0.29) is 0 Å². The van der Waals surface area contributed by atoms with Crippen molar-refractivity contribution in [2.24, 2.45) is 11.8 Å². The average Bonchev–Trinajstić information content (AvgIpc) is 2.47. The molecule has 0 aliphatic heterocycles. The molecular weight excluding hydrogens is 276 g/mol. The first kappa shape index (κ1) is 18.8. The van der Waals surface area contributed by atoms with Crippen molar-refractivity contribution in [1.82, 2.24) is 0 Å². The number of rotatable bonds is 12. The van der Waals surface area contributed by atoms with Crippen molar-refractivity contribution >= 4 is 11.4 Å². The Labute approximate surface area is 135 Å². The summed E-state index contributed by atoms with van der Waals surface area (Å²) in [6.45, 7) is 13.4. The van der Waals surface area contributed by atoms with Gasteiger partial charge in [-0.1, -0.05) is 39.8 Å². The summed E-state index contributed by atoms with van der Waals surface area (Å²) >= 11 is 0. The fourth-order valence-corrected chi connectivity index (χ4v) is 1.95. The summed E-state index contributed by atoms with van der Waals surface area (Å²) in [6, 6.07) is 8.25. The Morgan fingerprint density at radius 1 is 0.773 bits per heavy atom. The highest BCUT2D eigenvalue weighted by Gasteiger charge is 2.01. The zero-order valence-electron chi connectivity index (χ0n) is 14.5. The van der Waals surface area contributed by atoms with Crippen LogP contribution in [0.5, 0.6) is 0 Å². The van der Waals surface area contributed by atoms with E-state index in [0.29, 0.717) is 11.8 Å². The van der Waals surface area contributed by atoms with Crippen LogP contribution >= 0.6 is 0 Å². The monoisotopic (exact) mass is 308 g/mol. The van der Waals surface area contributed by atoms with Crippen LogP contribution in [0.3, 0.4) is 0 Å². The molecule has 4 nitrogen and oxygen atoms in total. The maximum Gasteiger partial charge on any atom is 0.0639 e. The van der Waals surface area contributed by atoms with Crippen molar-refractivity contribution < 1.29 is 9.47 Å². The Bertz CT molecular complexity index is 357. The molecule has 126 valence electrons. The van der Waals surface area contributed by atoms with Crippen LogP contribution < -0.4 is 10.6 Å². The Morgan fingerprint density at radius 2 is 1.18 bits per heavy atom. The fourth-order valence-electron chi connectivity index (χ4n) is 1.95. The minimum Gasteiger partial charge on any atom is -0.381 e. The summed E-state index contributed by atoms with van der Waals surface area (Å²) in [5, 5.41) is 6.84. The molecule has 0 radical (unpaired) electrons. The molecule has 0 atom stereocenters.